The molecule has 0 fully saturated rings. The fourth-order valence-corrected chi connectivity index (χ4v) is 1.28. The zero-order chi connectivity index (χ0) is 11.2. The normalized spacial score (nSPS) is 11.1. The highest BCUT2D eigenvalue weighted by Gasteiger charge is 2.27. The Hall–Kier alpha value is -0.860. The van der Waals surface area contributed by atoms with Crippen molar-refractivity contribution in [1.82, 2.24) is 0 Å². The van der Waals surface area contributed by atoms with Crippen molar-refractivity contribution in [2.75, 3.05) is 7.11 Å². The molecule has 0 aromatic carbocycles. The lowest BCUT2D eigenvalue weighted by Crippen LogP contribution is -2.25. The minimum Gasteiger partial charge on any atom is -0.469 e. The van der Waals surface area contributed by atoms with Gasteiger partial charge in [0.25, 0.3) is 0 Å². The Kier molecular flexibility index (Phi) is 5.43. The number of hydrogen-bond donors (Lipinski definition) is 0. The first kappa shape index (κ1) is 13.1. The number of hydrogen-bond acceptors (Lipinski definition) is 3. The van der Waals surface area contributed by atoms with E-state index in [1.807, 2.05) is 20.8 Å². The molecule has 0 amide bonds. The number of rotatable bonds is 6. The van der Waals surface area contributed by atoms with Gasteiger partial charge in [0.2, 0.25) is 0 Å². The van der Waals surface area contributed by atoms with Gasteiger partial charge in [0.1, 0.15) is 5.78 Å². The van der Waals surface area contributed by atoms with Crippen molar-refractivity contribution >= 4 is 11.8 Å². The predicted molar refractivity (Wildman–Crippen MR) is 54.9 cm³/mol. The Morgan fingerprint density at radius 2 is 1.86 bits per heavy atom. The van der Waals surface area contributed by atoms with E-state index in [9.17, 15) is 9.59 Å². The van der Waals surface area contributed by atoms with Crippen LogP contribution in [0, 0.1) is 5.41 Å². The Labute approximate surface area is 85.8 Å². The molecular formula is C11H20O3. The molecule has 0 unspecified atom stereocenters. The average Bonchev–Trinajstić information content (AvgIpc) is 2.15. The Bertz CT molecular complexity index is 207. The maximum absolute atomic E-state index is 11.3. The van der Waals surface area contributed by atoms with Crippen LogP contribution in [0.25, 0.3) is 0 Å². The number of methoxy groups -OCH3 is 1. The molecule has 0 N–H and O–H groups in total. The van der Waals surface area contributed by atoms with Gasteiger partial charge in [-0.2, -0.15) is 0 Å². The van der Waals surface area contributed by atoms with Crippen molar-refractivity contribution in [1.29, 1.82) is 0 Å². The second kappa shape index (κ2) is 5.78. The van der Waals surface area contributed by atoms with Crippen LogP contribution in [0.15, 0.2) is 0 Å². The molecule has 0 aromatic rings. The van der Waals surface area contributed by atoms with Crippen LogP contribution < -0.4 is 0 Å². The Balaban J connectivity index is 3.88. The second-order valence-corrected chi connectivity index (χ2v) is 4.12. The van der Waals surface area contributed by atoms with Crippen LogP contribution in [-0.4, -0.2) is 18.9 Å². The van der Waals surface area contributed by atoms with E-state index in [0.717, 1.165) is 6.42 Å². The van der Waals surface area contributed by atoms with E-state index in [1.165, 1.54) is 7.11 Å². The molecule has 0 heterocycles. The van der Waals surface area contributed by atoms with E-state index in [1.54, 1.807) is 0 Å². The lowest BCUT2D eigenvalue weighted by atomic mass is 9.87. The lowest BCUT2D eigenvalue weighted by molar-refractivity contribution is -0.151. The van der Waals surface area contributed by atoms with Crippen molar-refractivity contribution < 1.29 is 14.3 Å². The van der Waals surface area contributed by atoms with Crippen LogP contribution in [0.2, 0.25) is 0 Å². The van der Waals surface area contributed by atoms with Gasteiger partial charge in [-0.05, 0) is 26.7 Å². The summed E-state index contributed by atoms with van der Waals surface area (Å²) < 4.78 is 4.67. The summed E-state index contributed by atoms with van der Waals surface area (Å²) in [5, 5.41) is 0. The Morgan fingerprint density at radius 3 is 2.29 bits per heavy atom. The van der Waals surface area contributed by atoms with E-state index in [4.69, 9.17) is 0 Å². The summed E-state index contributed by atoms with van der Waals surface area (Å²) in [6.45, 7) is 5.54. The maximum atomic E-state index is 11.3. The third-order valence-electron chi connectivity index (χ3n) is 2.39. The molecule has 0 bridgehead atoms. The highest BCUT2D eigenvalue weighted by Crippen LogP contribution is 2.24. The quantitative estimate of drug-likeness (QED) is 0.618. The average molecular weight is 200 g/mol. The van der Waals surface area contributed by atoms with Crippen molar-refractivity contribution in [3.63, 3.8) is 0 Å². The molecule has 0 aliphatic carbocycles. The number of ketones is 1. The number of esters is 1. The van der Waals surface area contributed by atoms with Gasteiger partial charge in [-0.15, -0.1) is 0 Å². The zero-order valence-electron chi connectivity index (χ0n) is 9.55. The molecule has 0 saturated heterocycles. The van der Waals surface area contributed by atoms with E-state index in [2.05, 4.69) is 4.74 Å². The first-order chi connectivity index (χ1) is 6.44. The van der Waals surface area contributed by atoms with Gasteiger partial charge in [0.05, 0.1) is 12.5 Å². The largest absolute Gasteiger partial charge is 0.469 e. The molecule has 3 nitrogen and oxygen atoms in total. The van der Waals surface area contributed by atoms with Gasteiger partial charge in [-0.25, -0.2) is 0 Å². The van der Waals surface area contributed by atoms with E-state index >= 15 is 0 Å². The van der Waals surface area contributed by atoms with Crippen LogP contribution >= 0.6 is 0 Å². The van der Waals surface area contributed by atoms with Crippen molar-refractivity contribution in [3.8, 4) is 0 Å². The minimum absolute atomic E-state index is 0.207. The second-order valence-electron chi connectivity index (χ2n) is 4.12. The van der Waals surface area contributed by atoms with Crippen LogP contribution in [0.4, 0.5) is 0 Å². The Morgan fingerprint density at radius 1 is 1.29 bits per heavy atom. The van der Waals surface area contributed by atoms with Crippen LogP contribution in [0.5, 0.6) is 0 Å². The third kappa shape index (κ3) is 4.40. The van der Waals surface area contributed by atoms with Crippen LogP contribution in [0.1, 0.15) is 46.5 Å². The summed E-state index contributed by atoms with van der Waals surface area (Å²) in [7, 11) is 1.39. The monoisotopic (exact) mass is 200 g/mol. The molecule has 0 radical (unpaired) electrons. The van der Waals surface area contributed by atoms with E-state index < -0.39 is 5.41 Å². The third-order valence-corrected chi connectivity index (χ3v) is 2.39. The molecule has 0 aromatic heterocycles. The van der Waals surface area contributed by atoms with Crippen LogP contribution in [-0.2, 0) is 14.3 Å². The number of ether oxygens (including phenoxy) is 1. The minimum atomic E-state index is -0.469. The summed E-state index contributed by atoms with van der Waals surface area (Å²) >= 11 is 0. The van der Waals surface area contributed by atoms with Crippen molar-refractivity contribution in [3.05, 3.63) is 0 Å². The molecule has 3 heteroatoms. The van der Waals surface area contributed by atoms with E-state index in [0.29, 0.717) is 19.3 Å². The fraction of sp³-hybridized carbons (Fsp3) is 0.818. The fourth-order valence-electron chi connectivity index (χ4n) is 1.28. The summed E-state index contributed by atoms with van der Waals surface area (Å²) in [5.74, 6) is 0.0483. The number of Topliss-reactive ketones (excluding diaryl/α,β-unsaturated/α-hetero) is 1. The highest BCUT2D eigenvalue weighted by molar-refractivity contribution is 5.78. The van der Waals surface area contributed by atoms with Gasteiger partial charge >= 0.3 is 5.97 Å². The molecule has 0 spiro atoms. The van der Waals surface area contributed by atoms with Crippen LogP contribution in [0.3, 0.4) is 0 Å². The summed E-state index contributed by atoms with van der Waals surface area (Å²) in [6.07, 6.45) is 2.61. The van der Waals surface area contributed by atoms with Gasteiger partial charge in [0.15, 0.2) is 0 Å². The first-order valence-electron chi connectivity index (χ1n) is 5.04. The number of carbonyl (C=O) groups is 2. The van der Waals surface area contributed by atoms with Crippen molar-refractivity contribution in [2.45, 2.75) is 46.5 Å². The molecule has 82 valence electrons. The lowest BCUT2D eigenvalue weighted by Gasteiger charge is -2.20. The SMILES string of the molecule is CCC(=O)CCCC(C)(C)C(=O)OC. The smallest absolute Gasteiger partial charge is 0.311 e. The molecule has 14 heavy (non-hydrogen) atoms. The van der Waals surface area contributed by atoms with Gasteiger partial charge < -0.3 is 4.74 Å². The summed E-state index contributed by atoms with van der Waals surface area (Å²) in [4.78, 5) is 22.3. The van der Waals surface area contributed by atoms with Gasteiger partial charge in [0, 0.05) is 12.8 Å². The topological polar surface area (TPSA) is 43.4 Å². The standard InChI is InChI=1S/C11H20O3/c1-5-9(12)7-6-8-11(2,3)10(13)14-4/h5-8H2,1-4H3. The van der Waals surface area contributed by atoms with Crippen molar-refractivity contribution in [2.24, 2.45) is 5.41 Å². The van der Waals surface area contributed by atoms with Gasteiger partial charge in [-0.1, -0.05) is 6.92 Å². The highest BCUT2D eigenvalue weighted by atomic mass is 16.5. The predicted octanol–water partition coefficient (Wildman–Crippen LogP) is 2.33. The van der Waals surface area contributed by atoms with E-state index in [-0.39, 0.29) is 11.8 Å². The molecule has 0 aliphatic rings. The molecular weight excluding hydrogens is 180 g/mol. The van der Waals surface area contributed by atoms with Gasteiger partial charge in [-0.3, -0.25) is 9.59 Å². The zero-order valence-corrected chi connectivity index (χ0v) is 9.55. The number of carbonyl (C=O) groups excluding carboxylic acids is 2. The summed E-state index contributed by atoms with van der Waals surface area (Å²) in [6, 6.07) is 0. The summed E-state index contributed by atoms with van der Waals surface area (Å²) in [5.41, 5.74) is -0.469. The molecule has 0 rings (SSSR count). The molecule has 0 aliphatic heterocycles. The first-order valence-corrected chi connectivity index (χ1v) is 5.04. The maximum Gasteiger partial charge on any atom is 0.311 e. The molecule has 0 atom stereocenters. The molecule has 0 saturated carbocycles.